The first-order chi connectivity index (χ1) is 14.1. The molecule has 1 aromatic heterocycles. The highest BCUT2D eigenvalue weighted by molar-refractivity contribution is 6.15. The van der Waals surface area contributed by atoms with E-state index in [1.165, 1.54) is 6.07 Å². The summed E-state index contributed by atoms with van der Waals surface area (Å²) in [5, 5.41) is 0.541. The largest absolute Gasteiger partial charge is 0.450 e. The Labute approximate surface area is 170 Å². The van der Waals surface area contributed by atoms with Gasteiger partial charge in [0.2, 0.25) is 5.78 Å². The van der Waals surface area contributed by atoms with Gasteiger partial charge in [-0.2, -0.15) is 13.2 Å². The van der Waals surface area contributed by atoms with Crippen LogP contribution in [0.4, 0.5) is 18.9 Å². The molecule has 152 valence electrons. The molecule has 2 N–H and O–H groups in total. The van der Waals surface area contributed by atoms with Gasteiger partial charge < -0.3 is 10.2 Å². The van der Waals surface area contributed by atoms with Crippen molar-refractivity contribution in [1.29, 1.82) is 0 Å². The number of halogens is 3. The van der Waals surface area contributed by atoms with Gasteiger partial charge in [0, 0.05) is 10.9 Å². The average molecular weight is 409 g/mol. The fraction of sp³-hybridized carbons (Fsp3) is 0.125. The molecule has 0 aliphatic heterocycles. The van der Waals surface area contributed by atoms with Gasteiger partial charge in [-0.25, -0.2) is 0 Å². The topological polar surface area (TPSA) is 56.2 Å². The lowest BCUT2D eigenvalue weighted by Crippen LogP contribution is -2.05. The lowest BCUT2D eigenvalue weighted by Gasteiger charge is -2.08. The Morgan fingerprint density at radius 3 is 2.37 bits per heavy atom. The first-order valence-corrected chi connectivity index (χ1v) is 9.27. The number of carbonyl (C=O) groups excluding carboxylic acids is 1. The van der Waals surface area contributed by atoms with E-state index in [-0.39, 0.29) is 17.2 Å². The van der Waals surface area contributed by atoms with E-state index in [2.05, 4.69) is 0 Å². The van der Waals surface area contributed by atoms with E-state index < -0.39 is 11.7 Å². The molecule has 0 aliphatic carbocycles. The summed E-state index contributed by atoms with van der Waals surface area (Å²) in [5.41, 5.74) is 9.25. The van der Waals surface area contributed by atoms with Gasteiger partial charge >= 0.3 is 6.18 Å². The van der Waals surface area contributed by atoms with Crippen molar-refractivity contribution in [3.05, 3.63) is 88.7 Å². The maximum absolute atomic E-state index is 13.0. The van der Waals surface area contributed by atoms with Gasteiger partial charge in [0.1, 0.15) is 5.58 Å². The van der Waals surface area contributed by atoms with Crippen LogP contribution < -0.4 is 5.73 Å². The average Bonchev–Trinajstić information content (AvgIpc) is 3.03. The number of ketones is 1. The second kappa shape index (κ2) is 7.06. The number of fused-ring (bicyclic) bond motifs is 1. The van der Waals surface area contributed by atoms with Gasteiger partial charge in [0.15, 0.2) is 5.76 Å². The SMILES string of the molecule is Cc1ccc(C(=O)c2oc3cc(-c4cccc(C(F)(F)F)c4)ccc3c2N)c(C)c1. The summed E-state index contributed by atoms with van der Waals surface area (Å²) >= 11 is 0. The minimum absolute atomic E-state index is 0.0261. The normalized spacial score (nSPS) is 11.8. The molecule has 30 heavy (non-hydrogen) atoms. The number of anilines is 1. The lowest BCUT2D eigenvalue weighted by molar-refractivity contribution is -0.137. The maximum atomic E-state index is 13.0. The molecule has 0 aliphatic rings. The van der Waals surface area contributed by atoms with Gasteiger partial charge in [-0.15, -0.1) is 0 Å². The predicted octanol–water partition coefficient (Wildman–Crippen LogP) is 6.55. The van der Waals surface area contributed by atoms with E-state index >= 15 is 0 Å². The van der Waals surface area contributed by atoms with Gasteiger partial charge in [-0.1, -0.05) is 42.0 Å². The van der Waals surface area contributed by atoms with Gasteiger partial charge in [0.05, 0.1) is 11.3 Å². The Bertz CT molecular complexity index is 1290. The Morgan fingerprint density at radius 2 is 1.67 bits per heavy atom. The van der Waals surface area contributed by atoms with Crippen LogP contribution in [0.25, 0.3) is 22.1 Å². The highest BCUT2D eigenvalue weighted by Crippen LogP contribution is 2.36. The zero-order valence-corrected chi connectivity index (χ0v) is 16.3. The first kappa shape index (κ1) is 19.8. The third-order valence-electron chi connectivity index (χ3n) is 5.08. The molecule has 1 heterocycles. The monoisotopic (exact) mass is 409 g/mol. The van der Waals surface area contributed by atoms with E-state index in [1.807, 2.05) is 26.0 Å². The van der Waals surface area contributed by atoms with Crippen LogP contribution in [-0.4, -0.2) is 5.78 Å². The minimum atomic E-state index is -4.43. The molecule has 0 unspecified atom stereocenters. The van der Waals surface area contributed by atoms with Crippen molar-refractivity contribution in [2.45, 2.75) is 20.0 Å². The van der Waals surface area contributed by atoms with Crippen LogP contribution in [0, 0.1) is 13.8 Å². The molecule has 0 amide bonds. The number of rotatable bonds is 3. The van der Waals surface area contributed by atoms with Crippen LogP contribution in [0.3, 0.4) is 0 Å². The van der Waals surface area contributed by atoms with Crippen LogP contribution >= 0.6 is 0 Å². The van der Waals surface area contributed by atoms with Gasteiger partial charge in [-0.05, 0) is 54.8 Å². The van der Waals surface area contributed by atoms with Crippen LogP contribution in [0.1, 0.15) is 32.8 Å². The predicted molar refractivity (Wildman–Crippen MR) is 110 cm³/mol. The molecule has 4 rings (SSSR count). The van der Waals surface area contributed by atoms with E-state index in [0.717, 1.165) is 23.3 Å². The second-order valence-electron chi connectivity index (χ2n) is 7.28. The Kier molecular flexibility index (Phi) is 4.65. The van der Waals surface area contributed by atoms with E-state index in [0.29, 0.717) is 27.7 Å². The highest BCUT2D eigenvalue weighted by Gasteiger charge is 2.30. The standard InChI is InChI=1S/C24H18F3NO2/c1-13-6-8-18(14(2)10-13)22(29)23-21(28)19-9-7-16(12-20(19)30-23)15-4-3-5-17(11-15)24(25,26)27/h3-12H,28H2,1-2H3. The fourth-order valence-corrected chi connectivity index (χ4v) is 3.53. The molecule has 4 aromatic rings. The van der Waals surface area contributed by atoms with Crippen LogP contribution in [-0.2, 0) is 6.18 Å². The van der Waals surface area contributed by atoms with Crippen molar-refractivity contribution >= 4 is 22.4 Å². The van der Waals surface area contributed by atoms with Crippen molar-refractivity contribution in [2.75, 3.05) is 5.73 Å². The highest BCUT2D eigenvalue weighted by atomic mass is 19.4. The zero-order chi connectivity index (χ0) is 21.6. The summed E-state index contributed by atoms with van der Waals surface area (Å²) in [4.78, 5) is 13.0. The number of nitrogens with two attached hydrogens (primary N) is 1. The number of carbonyl (C=O) groups is 1. The Balaban J connectivity index is 1.78. The summed E-state index contributed by atoms with van der Waals surface area (Å²) in [7, 11) is 0. The Morgan fingerprint density at radius 1 is 0.933 bits per heavy atom. The minimum Gasteiger partial charge on any atom is -0.450 e. The number of nitrogen functional groups attached to an aromatic ring is 1. The second-order valence-corrected chi connectivity index (χ2v) is 7.28. The quantitative estimate of drug-likeness (QED) is 0.391. The Hall–Kier alpha value is -3.54. The molecule has 0 spiro atoms. The number of benzene rings is 3. The van der Waals surface area contributed by atoms with Crippen LogP contribution in [0.2, 0.25) is 0 Å². The molecule has 0 saturated heterocycles. The van der Waals surface area contributed by atoms with E-state index in [9.17, 15) is 18.0 Å². The van der Waals surface area contributed by atoms with Crippen LogP contribution in [0.15, 0.2) is 65.1 Å². The molecular weight excluding hydrogens is 391 g/mol. The zero-order valence-electron chi connectivity index (χ0n) is 16.3. The summed E-state index contributed by atoms with van der Waals surface area (Å²) < 4.78 is 44.8. The van der Waals surface area contributed by atoms with Crippen molar-refractivity contribution in [1.82, 2.24) is 0 Å². The molecule has 0 fully saturated rings. The maximum Gasteiger partial charge on any atom is 0.416 e. The summed E-state index contributed by atoms with van der Waals surface area (Å²) in [6.45, 7) is 3.77. The van der Waals surface area contributed by atoms with E-state index in [1.54, 1.807) is 30.3 Å². The smallest absolute Gasteiger partial charge is 0.416 e. The fourth-order valence-electron chi connectivity index (χ4n) is 3.53. The van der Waals surface area contributed by atoms with Crippen molar-refractivity contribution in [3.8, 4) is 11.1 Å². The third-order valence-corrected chi connectivity index (χ3v) is 5.08. The molecule has 3 nitrogen and oxygen atoms in total. The molecule has 0 radical (unpaired) electrons. The molecule has 0 atom stereocenters. The van der Waals surface area contributed by atoms with Gasteiger partial charge in [0.25, 0.3) is 0 Å². The number of alkyl halides is 3. The number of furan rings is 1. The third kappa shape index (κ3) is 3.45. The molecule has 0 saturated carbocycles. The molecule has 0 bridgehead atoms. The van der Waals surface area contributed by atoms with E-state index in [4.69, 9.17) is 10.2 Å². The molecule has 3 aromatic carbocycles. The summed E-state index contributed by atoms with van der Waals surface area (Å²) in [6.07, 6.45) is -4.43. The van der Waals surface area contributed by atoms with Crippen LogP contribution in [0.5, 0.6) is 0 Å². The number of hydrogen-bond acceptors (Lipinski definition) is 3. The lowest BCUT2D eigenvalue weighted by atomic mass is 9.99. The summed E-state index contributed by atoms with van der Waals surface area (Å²) in [6, 6.07) is 15.4. The van der Waals surface area contributed by atoms with Gasteiger partial charge in [-0.3, -0.25) is 4.79 Å². The summed E-state index contributed by atoms with van der Waals surface area (Å²) in [5.74, 6) is -0.306. The van der Waals surface area contributed by atoms with Crippen molar-refractivity contribution in [2.24, 2.45) is 0 Å². The molecule has 6 heteroatoms. The number of aryl methyl sites for hydroxylation is 2. The molecular formula is C24H18F3NO2. The van der Waals surface area contributed by atoms with Crippen molar-refractivity contribution in [3.63, 3.8) is 0 Å². The first-order valence-electron chi connectivity index (χ1n) is 9.27. The number of hydrogen-bond donors (Lipinski definition) is 1. The van der Waals surface area contributed by atoms with Crippen molar-refractivity contribution < 1.29 is 22.4 Å².